The minimum Gasteiger partial charge on any atom is -0.351 e. The second-order valence-corrected chi connectivity index (χ2v) is 6.51. The molecule has 0 N–H and O–H groups in total. The van der Waals surface area contributed by atoms with Crippen LogP contribution in [-0.4, -0.2) is 17.1 Å². The van der Waals surface area contributed by atoms with E-state index >= 15 is 0 Å². The lowest BCUT2D eigenvalue weighted by atomic mass is 9.92. The van der Waals surface area contributed by atoms with E-state index in [4.69, 9.17) is 16.3 Å². The molecule has 1 fully saturated rings. The minimum atomic E-state index is -0.674. The van der Waals surface area contributed by atoms with Gasteiger partial charge in [0.1, 0.15) is 6.10 Å². The van der Waals surface area contributed by atoms with E-state index in [0.29, 0.717) is 10.8 Å². The Bertz CT molecular complexity index is 698. The van der Waals surface area contributed by atoms with Crippen LogP contribution in [0.15, 0.2) is 53.4 Å². The van der Waals surface area contributed by atoms with Gasteiger partial charge in [-0.05, 0) is 23.8 Å². The smallest absolute Gasteiger partial charge is 0.199 e. The molecular formula is C16H11ClO2S. The molecule has 1 spiro atoms. The summed E-state index contributed by atoms with van der Waals surface area (Å²) in [5.74, 6) is 0.780. The zero-order valence-electron chi connectivity index (χ0n) is 10.5. The third kappa shape index (κ3) is 1.74. The molecule has 0 unspecified atom stereocenters. The summed E-state index contributed by atoms with van der Waals surface area (Å²) >= 11 is 7.59. The predicted molar refractivity (Wildman–Crippen MR) is 79.5 cm³/mol. The van der Waals surface area contributed by atoms with Crippen molar-refractivity contribution in [2.75, 3.05) is 5.75 Å². The van der Waals surface area contributed by atoms with Crippen molar-refractivity contribution in [1.82, 2.24) is 0 Å². The monoisotopic (exact) mass is 302 g/mol. The summed E-state index contributed by atoms with van der Waals surface area (Å²) in [6.07, 6.45) is -0.145. The number of benzene rings is 2. The van der Waals surface area contributed by atoms with Crippen LogP contribution in [0.25, 0.3) is 0 Å². The van der Waals surface area contributed by atoms with E-state index in [1.165, 1.54) is 0 Å². The van der Waals surface area contributed by atoms with Crippen LogP contribution in [0.5, 0.6) is 0 Å². The van der Waals surface area contributed by atoms with Crippen LogP contribution >= 0.6 is 23.4 Å². The molecular weight excluding hydrogens is 292 g/mol. The zero-order chi connectivity index (χ0) is 13.7. The largest absolute Gasteiger partial charge is 0.351 e. The van der Waals surface area contributed by atoms with Gasteiger partial charge in [0, 0.05) is 21.2 Å². The number of halogens is 1. The Morgan fingerprint density at radius 3 is 2.70 bits per heavy atom. The van der Waals surface area contributed by atoms with Gasteiger partial charge in [-0.1, -0.05) is 41.9 Å². The van der Waals surface area contributed by atoms with Crippen molar-refractivity contribution < 1.29 is 9.53 Å². The molecule has 4 heteroatoms. The number of Topliss-reactive ketones (excluding diaryl/α,β-unsaturated/α-hetero) is 1. The topological polar surface area (TPSA) is 29.6 Å². The van der Waals surface area contributed by atoms with Crippen molar-refractivity contribution in [3.63, 3.8) is 0 Å². The quantitative estimate of drug-likeness (QED) is 0.742. The lowest BCUT2D eigenvalue weighted by Crippen LogP contribution is -2.32. The Kier molecular flexibility index (Phi) is 2.71. The van der Waals surface area contributed by atoms with Gasteiger partial charge in [-0.3, -0.25) is 4.79 Å². The van der Waals surface area contributed by atoms with Crippen LogP contribution in [0, 0.1) is 0 Å². The summed E-state index contributed by atoms with van der Waals surface area (Å²) in [6, 6.07) is 15.3. The molecule has 1 saturated heterocycles. The summed E-state index contributed by atoms with van der Waals surface area (Å²) in [6.45, 7) is 0. The Morgan fingerprint density at radius 1 is 1.15 bits per heavy atom. The van der Waals surface area contributed by atoms with E-state index in [9.17, 15) is 4.79 Å². The predicted octanol–water partition coefficient (Wildman–Crippen LogP) is 4.14. The molecule has 0 aliphatic carbocycles. The Labute approximate surface area is 126 Å². The number of carbonyl (C=O) groups is 1. The Morgan fingerprint density at radius 2 is 1.90 bits per heavy atom. The average molecular weight is 303 g/mol. The van der Waals surface area contributed by atoms with E-state index in [1.807, 2.05) is 48.5 Å². The first-order chi connectivity index (χ1) is 9.71. The van der Waals surface area contributed by atoms with Crippen molar-refractivity contribution in [3.05, 3.63) is 64.7 Å². The lowest BCUT2D eigenvalue weighted by Gasteiger charge is -2.20. The first-order valence-corrected chi connectivity index (χ1v) is 7.77. The molecule has 100 valence electrons. The fraction of sp³-hybridized carbons (Fsp3) is 0.188. The summed E-state index contributed by atoms with van der Waals surface area (Å²) < 4.78 is 5.83. The highest BCUT2D eigenvalue weighted by Gasteiger charge is 2.64. The van der Waals surface area contributed by atoms with E-state index in [-0.39, 0.29) is 11.9 Å². The third-order valence-corrected chi connectivity index (χ3v) is 5.32. The van der Waals surface area contributed by atoms with Crippen molar-refractivity contribution in [2.24, 2.45) is 0 Å². The number of ether oxygens (including phenoxy) is 1. The zero-order valence-corrected chi connectivity index (χ0v) is 12.1. The molecule has 2 atom stereocenters. The van der Waals surface area contributed by atoms with E-state index < -0.39 is 5.60 Å². The highest BCUT2D eigenvalue weighted by atomic mass is 35.5. The molecule has 2 aliphatic heterocycles. The first-order valence-electron chi connectivity index (χ1n) is 6.41. The van der Waals surface area contributed by atoms with Gasteiger partial charge < -0.3 is 4.74 Å². The van der Waals surface area contributed by atoms with Gasteiger partial charge >= 0.3 is 0 Å². The van der Waals surface area contributed by atoms with Gasteiger partial charge in [0.15, 0.2) is 11.4 Å². The molecule has 0 amide bonds. The van der Waals surface area contributed by atoms with Crippen LogP contribution < -0.4 is 0 Å². The molecule has 0 radical (unpaired) electrons. The maximum absolute atomic E-state index is 12.7. The fourth-order valence-electron chi connectivity index (χ4n) is 2.69. The number of hydrogen-bond acceptors (Lipinski definition) is 3. The van der Waals surface area contributed by atoms with E-state index in [2.05, 4.69) is 0 Å². The summed E-state index contributed by atoms with van der Waals surface area (Å²) in [7, 11) is 0. The van der Waals surface area contributed by atoms with Crippen molar-refractivity contribution in [2.45, 2.75) is 16.6 Å². The van der Waals surface area contributed by atoms with Gasteiger partial charge in [-0.25, -0.2) is 0 Å². The number of rotatable bonds is 1. The summed E-state index contributed by atoms with van der Waals surface area (Å²) in [5.41, 5.74) is 1.12. The summed E-state index contributed by atoms with van der Waals surface area (Å²) in [4.78, 5) is 13.7. The average Bonchev–Trinajstić information content (AvgIpc) is 3.20. The molecule has 2 aromatic rings. The standard InChI is InChI=1S/C16H11ClO2S/c17-11-7-5-10(6-8-11)15-16(19-15)9-20-13-4-2-1-3-12(13)14(16)18/h1-8,15H,9H2/t15-,16+/m0/s1. The van der Waals surface area contributed by atoms with Crippen LogP contribution in [0.1, 0.15) is 22.0 Å². The molecule has 2 heterocycles. The second-order valence-electron chi connectivity index (χ2n) is 5.05. The lowest BCUT2D eigenvalue weighted by molar-refractivity contribution is 0.0885. The van der Waals surface area contributed by atoms with Gasteiger partial charge in [-0.2, -0.15) is 0 Å². The Hall–Kier alpha value is -1.29. The van der Waals surface area contributed by atoms with Crippen LogP contribution in [0.2, 0.25) is 5.02 Å². The highest BCUT2D eigenvalue weighted by molar-refractivity contribution is 7.99. The molecule has 2 aromatic carbocycles. The van der Waals surface area contributed by atoms with E-state index in [1.54, 1.807) is 11.8 Å². The molecule has 4 rings (SSSR count). The number of carbonyl (C=O) groups excluding carboxylic acids is 1. The van der Waals surface area contributed by atoms with E-state index in [0.717, 1.165) is 16.0 Å². The minimum absolute atomic E-state index is 0.104. The number of fused-ring (bicyclic) bond motifs is 1. The molecule has 0 bridgehead atoms. The number of epoxide rings is 1. The van der Waals surface area contributed by atoms with Gasteiger partial charge in [-0.15, -0.1) is 11.8 Å². The normalized spacial score (nSPS) is 27.4. The SMILES string of the molecule is O=C1c2ccccc2SC[C@@]12O[C@H]2c1ccc(Cl)cc1. The maximum atomic E-state index is 12.7. The molecule has 0 saturated carbocycles. The van der Waals surface area contributed by atoms with Gasteiger partial charge in [0.05, 0.1) is 0 Å². The fourth-order valence-corrected chi connectivity index (χ4v) is 4.03. The first kappa shape index (κ1) is 12.5. The van der Waals surface area contributed by atoms with Crippen LogP contribution in [0.4, 0.5) is 0 Å². The number of hydrogen-bond donors (Lipinski definition) is 0. The summed E-state index contributed by atoms with van der Waals surface area (Å²) in [5, 5.41) is 0.693. The molecule has 2 nitrogen and oxygen atoms in total. The number of ketones is 1. The second kappa shape index (κ2) is 4.35. The van der Waals surface area contributed by atoms with Crippen molar-refractivity contribution >= 4 is 29.1 Å². The van der Waals surface area contributed by atoms with Gasteiger partial charge in [0.25, 0.3) is 0 Å². The van der Waals surface area contributed by atoms with Crippen LogP contribution in [-0.2, 0) is 4.74 Å². The molecule has 20 heavy (non-hydrogen) atoms. The molecule has 0 aromatic heterocycles. The van der Waals surface area contributed by atoms with Crippen LogP contribution in [0.3, 0.4) is 0 Å². The van der Waals surface area contributed by atoms with Crippen molar-refractivity contribution in [3.8, 4) is 0 Å². The maximum Gasteiger partial charge on any atom is 0.199 e. The highest BCUT2D eigenvalue weighted by Crippen LogP contribution is 2.56. The van der Waals surface area contributed by atoms with Crippen molar-refractivity contribution in [1.29, 1.82) is 0 Å². The Balaban J connectivity index is 1.69. The number of thioether (sulfide) groups is 1. The molecule has 2 aliphatic rings. The van der Waals surface area contributed by atoms with Gasteiger partial charge in [0.2, 0.25) is 0 Å². The third-order valence-electron chi connectivity index (χ3n) is 3.83.